The molecule has 2 unspecified atom stereocenters. The van der Waals surface area contributed by atoms with E-state index in [-0.39, 0.29) is 6.61 Å². The molecule has 23 heavy (non-hydrogen) atoms. The second-order valence-electron chi connectivity index (χ2n) is 7.26. The molecule has 6 rings (SSSR count). The molecule has 4 aliphatic heterocycles. The zero-order valence-electron chi connectivity index (χ0n) is 13.3. The van der Waals surface area contributed by atoms with Crippen LogP contribution < -0.4 is 0 Å². The van der Waals surface area contributed by atoms with Crippen molar-refractivity contribution in [3.05, 3.63) is 41.1 Å². The van der Waals surface area contributed by atoms with Crippen molar-refractivity contribution in [3.63, 3.8) is 0 Å². The Bertz CT molecular complexity index is 822. The minimum absolute atomic E-state index is 0.263. The number of aliphatic hydroxyl groups is 1. The van der Waals surface area contributed by atoms with Crippen molar-refractivity contribution in [3.8, 4) is 5.75 Å². The summed E-state index contributed by atoms with van der Waals surface area (Å²) >= 11 is 0. The molecule has 0 amide bonds. The van der Waals surface area contributed by atoms with E-state index in [0.29, 0.717) is 29.7 Å². The summed E-state index contributed by atoms with van der Waals surface area (Å²) in [6.07, 6.45) is 4.31. The number of benzene rings is 1. The van der Waals surface area contributed by atoms with E-state index >= 15 is 0 Å². The predicted octanol–water partition coefficient (Wildman–Crippen LogP) is 2.73. The van der Waals surface area contributed by atoms with Gasteiger partial charge in [0.2, 0.25) is 0 Å². The van der Waals surface area contributed by atoms with E-state index < -0.39 is 0 Å². The van der Waals surface area contributed by atoms with Crippen molar-refractivity contribution in [2.45, 2.75) is 31.8 Å². The van der Waals surface area contributed by atoms with Crippen LogP contribution in [-0.2, 0) is 6.42 Å². The molecule has 4 nitrogen and oxygen atoms in total. The van der Waals surface area contributed by atoms with Gasteiger partial charge in [-0.1, -0.05) is 11.6 Å². The summed E-state index contributed by atoms with van der Waals surface area (Å²) in [4.78, 5) is 6.21. The third-order valence-electron chi connectivity index (χ3n) is 6.41. The molecule has 5 atom stereocenters. The molecule has 3 fully saturated rings. The maximum atomic E-state index is 9.99. The van der Waals surface area contributed by atoms with Crippen LogP contribution in [0.25, 0.3) is 10.9 Å². The Hall–Kier alpha value is -1.78. The number of aromatic nitrogens is 1. The standard InChI is InChI=1S/C19H22N2O2/c1-2-10-8-21-17-7-14-13-5-11(23)3-4-16(13)20-19(14)18(21)6-12(10)15(17)9-22/h2-5,12,15,17-18,20,22-23H,6-9H2,1H3/b10-2-/t12-,15-,17?,18+/m1/s1. The Morgan fingerprint density at radius 3 is 3.04 bits per heavy atom. The third kappa shape index (κ3) is 1.68. The molecule has 1 aromatic heterocycles. The molecule has 4 aliphatic rings. The van der Waals surface area contributed by atoms with Crippen LogP contribution in [0.5, 0.6) is 5.75 Å². The van der Waals surface area contributed by atoms with Gasteiger partial charge in [-0.05, 0) is 49.4 Å². The van der Waals surface area contributed by atoms with E-state index in [1.54, 1.807) is 6.07 Å². The molecule has 0 saturated carbocycles. The average Bonchev–Trinajstić information content (AvgIpc) is 2.92. The smallest absolute Gasteiger partial charge is 0.116 e. The fourth-order valence-electron chi connectivity index (χ4n) is 5.35. The molecule has 1 aromatic carbocycles. The zero-order chi connectivity index (χ0) is 15.7. The lowest BCUT2D eigenvalue weighted by atomic mass is 9.64. The largest absolute Gasteiger partial charge is 0.508 e. The minimum atomic E-state index is 0.263. The monoisotopic (exact) mass is 310 g/mol. The lowest BCUT2D eigenvalue weighted by Gasteiger charge is -2.58. The lowest BCUT2D eigenvalue weighted by molar-refractivity contribution is -0.0503. The van der Waals surface area contributed by atoms with E-state index in [1.807, 2.05) is 12.1 Å². The molecule has 5 heterocycles. The highest BCUT2D eigenvalue weighted by atomic mass is 16.3. The van der Waals surface area contributed by atoms with E-state index in [1.165, 1.54) is 16.8 Å². The second-order valence-corrected chi connectivity index (χ2v) is 7.26. The highest BCUT2D eigenvalue weighted by molar-refractivity contribution is 5.86. The van der Waals surface area contributed by atoms with Gasteiger partial charge < -0.3 is 15.2 Å². The van der Waals surface area contributed by atoms with Crippen LogP contribution in [0.15, 0.2) is 29.8 Å². The van der Waals surface area contributed by atoms with Crippen molar-refractivity contribution in [2.24, 2.45) is 11.8 Å². The maximum absolute atomic E-state index is 9.99. The molecule has 3 saturated heterocycles. The van der Waals surface area contributed by atoms with Crippen LogP contribution in [-0.4, -0.2) is 39.3 Å². The summed E-state index contributed by atoms with van der Waals surface area (Å²) in [6, 6.07) is 6.44. The summed E-state index contributed by atoms with van der Waals surface area (Å²) in [5.41, 5.74) is 5.29. The molecule has 4 heteroatoms. The molecule has 120 valence electrons. The first-order valence-electron chi connectivity index (χ1n) is 8.56. The number of phenolic OH excluding ortho intramolecular Hbond substituents is 1. The number of allylic oxidation sites excluding steroid dienone is 1. The van der Waals surface area contributed by atoms with Crippen molar-refractivity contribution in [2.75, 3.05) is 13.2 Å². The van der Waals surface area contributed by atoms with Gasteiger partial charge in [0.15, 0.2) is 0 Å². The fourth-order valence-corrected chi connectivity index (χ4v) is 5.35. The molecule has 2 aromatic rings. The molecular weight excluding hydrogens is 288 g/mol. The molecule has 0 spiro atoms. The van der Waals surface area contributed by atoms with Gasteiger partial charge in [0, 0.05) is 41.7 Å². The maximum Gasteiger partial charge on any atom is 0.116 e. The van der Waals surface area contributed by atoms with E-state index in [0.717, 1.165) is 30.3 Å². The Balaban J connectivity index is 1.68. The number of aromatic hydroxyl groups is 1. The van der Waals surface area contributed by atoms with Crippen LogP contribution in [0.2, 0.25) is 0 Å². The third-order valence-corrected chi connectivity index (χ3v) is 6.41. The normalized spacial score (nSPS) is 36.6. The van der Waals surface area contributed by atoms with Gasteiger partial charge in [-0.25, -0.2) is 0 Å². The number of nitrogens with one attached hydrogen (secondary N) is 1. The number of fused-ring (bicyclic) bond motifs is 4. The van der Waals surface area contributed by atoms with Crippen molar-refractivity contribution < 1.29 is 10.2 Å². The Kier molecular flexibility index (Phi) is 2.74. The predicted molar refractivity (Wildman–Crippen MR) is 89.3 cm³/mol. The minimum Gasteiger partial charge on any atom is -0.508 e. The zero-order valence-corrected chi connectivity index (χ0v) is 13.3. The number of phenols is 1. The lowest BCUT2D eigenvalue weighted by Crippen LogP contribution is -2.60. The first kappa shape index (κ1) is 13.6. The van der Waals surface area contributed by atoms with Gasteiger partial charge in [0.05, 0.1) is 6.04 Å². The molecule has 0 aliphatic carbocycles. The van der Waals surface area contributed by atoms with Crippen molar-refractivity contribution in [1.82, 2.24) is 9.88 Å². The molecular formula is C19H22N2O2. The second kappa shape index (κ2) is 4.62. The number of piperidine rings is 3. The number of aliphatic hydroxyl groups excluding tert-OH is 1. The van der Waals surface area contributed by atoms with Crippen LogP contribution in [0.1, 0.15) is 30.6 Å². The Labute approximate surface area is 135 Å². The Morgan fingerprint density at radius 2 is 2.26 bits per heavy atom. The highest BCUT2D eigenvalue weighted by Crippen LogP contribution is 2.54. The summed E-state index contributed by atoms with van der Waals surface area (Å²) < 4.78 is 0. The van der Waals surface area contributed by atoms with Gasteiger partial charge >= 0.3 is 0 Å². The average molecular weight is 310 g/mol. The van der Waals surface area contributed by atoms with Crippen LogP contribution >= 0.6 is 0 Å². The quantitative estimate of drug-likeness (QED) is 0.710. The first-order chi connectivity index (χ1) is 11.2. The van der Waals surface area contributed by atoms with Gasteiger partial charge in [0.25, 0.3) is 0 Å². The number of hydrogen-bond acceptors (Lipinski definition) is 3. The number of hydrogen-bond donors (Lipinski definition) is 3. The topological polar surface area (TPSA) is 59.5 Å². The molecule has 3 N–H and O–H groups in total. The van der Waals surface area contributed by atoms with E-state index in [9.17, 15) is 10.2 Å². The van der Waals surface area contributed by atoms with Crippen molar-refractivity contribution in [1.29, 1.82) is 0 Å². The van der Waals surface area contributed by atoms with Crippen LogP contribution in [0, 0.1) is 11.8 Å². The van der Waals surface area contributed by atoms with Gasteiger partial charge in [-0.3, -0.25) is 4.90 Å². The highest BCUT2D eigenvalue weighted by Gasteiger charge is 2.52. The number of aromatic amines is 1. The van der Waals surface area contributed by atoms with Crippen LogP contribution in [0.3, 0.4) is 0 Å². The summed E-state index contributed by atoms with van der Waals surface area (Å²) in [7, 11) is 0. The van der Waals surface area contributed by atoms with Gasteiger partial charge in [-0.15, -0.1) is 0 Å². The number of rotatable bonds is 1. The summed E-state index contributed by atoms with van der Waals surface area (Å²) in [5, 5.41) is 21.0. The summed E-state index contributed by atoms with van der Waals surface area (Å²) in [5.74, 6) is 1.17. The van der Waals surface area contributed by atoms with Gasteiger partial charge in [-0.2, -0.15) is 0 Å². The Morgan fingerprint density at radius 1 is 1.39 bits per heavy atom. The van der Waals surface area contributed by atoms with Gasteiger partial charge in [0.1, 0.15) is 5.75 Å². The fraction of sp³-hybridized carbons (Fsp3) is 0.474. The van der Waals surface area contributed by atoms with E-state index in [4.69, 9.17) is 0 Å². The number of nitrogens with zero attached hydrogens (tertiary/aromatic N) is 1. The number of H-pyrrole nitrogens is 1. The van der Waals surface area contributed by atoms with Crippen LogP contribution in [0.4, 0.5) is 0 Å². The first-order valence-corrected chi connectivity index (χ1v) is 8.56. The summed E-state index contributed by atoms with van der Waals surface area (Å²) in [6.45, 7) is 3.42. The molecule has 0 radical (unpaired) electrons. The molecule has 4 bridgehead atoms. The van der Waals surface area contributed by atoms with E-state index in [2.05, 4.69) is 22.9 Å². The SMILES string of the molecule is C/C=C1/CN2C3Cc4c([nH]c5ccc(O)cc45)[C@@H]2C[C@H]1[C@H]3CO. The van der Waals surface area contributed by atoms with Crippen molar-refractivity contribution >= 4 is 10.9 Å².